The van der Waals surface area contributed by atoms with E-state index < -0.39 is 0 Å². The molecule has 1 unspecified atom stereocenters. The second-order valence-corrected chi connectivity index (χ2v) is 7.06. The third-order valence-electron chi connectivity index (χ3n) is 3.33. The van der Waals surface area contributed by atoms with Crippen LogP contribution in [-0.2, 0) is 11.2 Å². The van der Waals surface area contributed by atoms with Gasteiger partial charge in [-0.15, -0.1) is 11.3 Å². The Morgan fingerprint density at radius 3 is 3.06 bits per heavy atom. The lowest BCUT2D eigenvalue weighted by Crippen LogP contribution is -2.35. The van der Waals surface area contributed by atoms with Gasteiger partial charge in [-0.1, -0.05) is 12.4 Å². The van der Waals surface area contributed by atoms with Gasteiger partial charge < -0.3 is 9.64 Å². The maximum Gasteiger partial charge on any atom is 0.409 e. The van der Waals surface area contributed by atoms with Gasteiger partial charge in [0.1, 0.15) is 7.85 Å². The molecule has 6 heteroatoms. The number of rotatable bonds is 1. The van der Waals surface area contributed by atoms with Crippen molar-refractivity contribution in [2.45, 2.75) is 26.2 Å². The Morgan fingerprint density at radius 1 is 1.67 bits per heavy atom. The molecule has 0 N–H and O–H groups in total. The number of hydrogen-bond acceptors (Lipinski definition) is 3. The van der Waals surface area contributed by atoms with Crippen LogP contribution < -0.4 is 5.46 Å². The van der Waals surface area contributed by atoms with Crippen LogP contribution in [0.4, 0.5) is 4.79 Å². The van der Waals surface area contributed by atoms with E-state index in [0.29, 0.717) is 12.5 Å². The summed E-state index contributed by atoms with van der Waals surface area (Å²) in [6.45, 7) is 5.97. The normalized spacial score (nSPS) is 19.3. The Labute approximate surface area is 121 Å². The van der Waals surface area contributed by atoms with Gasteiger partial charge in [0.15, 0.2) is 0 Å². The summed E-state index contributed by atoms with van der Waals surface area (Å²) in [4.78, 5) is 15.0. The van der Waals surface area contributed by atoms with Crippen molar-refractivity contribution in [1.29, 1.82) is 0 Å². The largest absolute Gasteiger partial charge is 0.450 e. The molecule has 0 saturated heterocycles. The first-order valence-corrected chi connectivity index (χ1v) is 7.84. The van der Waals surface area contributed by atoms with Gasteiger partial charge in [-0.05, 0) is 40.8 Å². The Kier molecular flexibility index (Phi) is 4.38. The summed E-state index contributed by atoms with van der Waals surface area (Å²) in [5, 5.41) is 0. The predicted molar refractivity (Wildman–Crippen MR) is 80.9 cm³/mol. The minimum absolute atomic E-state index is 0.184. The minimum Gasteiger partial charge on any atom is -0.450 e. The Hall–Kier alpha value is -0.485. The zero-order valence-electron chi connectivity index (χ0n) is 11.0. The first kappa shape index (κ1) is 13.9. The van der Waals surface area contributed by atoms with Crippen molar-refractivity contribution < 1.29 is 9.53 Å². The highest BCUT2D eigenvalue weighted by Crippen LogP contribution is 2.32. The second kappa shape index (κ2) is 5.65. The number of hydrogen-bond donors (Lipinski definition) is 0. The molecule has 1 amide bonds. The molecule has 0 aliphatic carbocycles. The Morgan fingerprint density at radius 2 is 2.39 bits per heavy atom. The summed E-state index contributed by atoms with van der Waals surface area (Å²) in [5.41, 5.74) is 2.74. The lowest BCUT2D eigenvalue weighted by molar-refractivity contribution is 0.107. The molecule has 1 aliphatic rings. The quantitative estimate of drug-likeness (QED) is 0.736. The predicted octanol–water partition coefficient (Wildman–Crippen LogP) is 1.89. The number of nitrogens with zero attached hydrogens (tertiary/aromatic N) is 1. The topological polar surface area (TPSA) is 29.5 Å². The van der Waals surface area contributed by atoms with Gasteiger partial charge in [0.25, 0.3) is 0 Å². The van der Waals surface area contributed by atoms with Crippen LogP contribution in [0.2, 0.25) is 0 Å². The summed E-state index contributed by atoms with van der Waals surface area (Å²) in [7, 11) is 2.15. The second-order valence-electron chi connectivity index (χ2n) is 4.63. The molecule has 0 saturated carbocycles. The molecule has 0 aromatic carbocycles. The van der Waals surface area contributed by atoms with Crippen LogP contribution in [0.15, 0.2) is 3.79 Å². The average molecular weight is 330 g/mol. The summed E-state index contributed by atoms with van der Waals surface area (Å²) < 4.78 is 6.32. The Bertz CT molecular complexity index is 463. The van der Waals surface area contributed by atoms with Crippen LogP contribution >= 0.6 is 27.3 Å². The van der Waals surface area contributed by atoms with Gasteiger partial charge in [0.2, 0.25) is 0 Å². The number of carbonyl (C=O) groups is 1. The summed E-state index contributed by atoms with van der Waals surface area (Å²) in [6.07, 6.45) is 0.742. The standard InChI is InChI=1S/C12H17BBrNO2S/c1-3-17-12(16)15-5-4-8-9(7(2)6-15)10(13)11(14)18-8/h7H,3-6,13H2,1-2H3. The van der Waals surface area contributed by atoms with Crippen molar-refractivity contribution >= 4 is 46.7 Å². The van der Waals surface area contributed by atoms with E-state index in [9.17, 15) is 4.79 Å². The number of amides is 1. The lowest BCUT2D eigenvalue weighted by atomic mass is 9.87. The van der Waals surface area contributed by atoms with Crippen molar-refractivity contribution in [1.82, 2.24) is 4.90 Å². The van der Waals surface area contributed by atoms with Gasteiger partial charge >= 0.3 is 6.09 Å². The maximum absolute atomic E-state index is 11.8. The molecule has 0 radical (unpaired) electrons. The van der Waals surface area contributed by atoms with E-state index in [1.165, 1.54) is 19.7 Å². The van der Waals surface area contributed by atoms with Gasteiger partial charge in [0.05, 0.1) is 10.4 Å². The smallest absolute Gasteiger partial charge is 0.409 e. The van der Waals surface area contributed by atoms with E-state index in [0.717, 1.165) is 19.5 Å². The molecule has 2 rings (SSSR count). The lowest BCUT2D eigenvalue weighted by Gasteiger charge is -2.22. The zero-order valence-corrected chi connectivity index (χ0v) is 13.4. The van der Waals surface area contributed by atoms with Crippen LogP contribution in [0.5, 0.6) is 0 Å². The van der Waals surface area contributed by atoms with Crippen LogP contribution in [0.25, 0.3) is 0 Å². The summed E-state index contributed by atoms with van der Waals surface area (Å²) >= 11 is 5.41. The van der Waals surface area contributed by atoms with Crippen molar-refractivity contribution in [2.75, 3.05) is 19.7 Å². The highest BCUT2D eigenvalue weighted by atomic mass is 79.9. The van der Waals surface area contributed by atoms with E-state index >= 15 is 0 Å². The average Bonchev–Trinajstić information content (AvgIpc) is 2.51. The van der Waals surface area contributed by atoms with Crippen molar-refractivity contribution in [2.24, 2.45) is 0 Å². The SMILES string of the molecule is Bc1c(Br)sc2c1C(C)CN(C(=O)OCC)CC2. The molecule has 1 aliphatic heterocycles. The number of thiophene rings is 1. The molecule has 1 atom stereocenters. The van der Waals surface area contributed by atoms with E-state index in [1.807, 2.05) is 11.8 Å². The number of carbonyl (C=O) groups excluding carboxylic acids is 1. The molecule has 98 valence electrons. The van der Waals surface area contributed by atoms with Gasteiger partial charge in [-0.3, -0.25) is 0 Å². The molecule has 1 aromatic heterocycles. The first-order valence-electron chi connectivity index (χ1n) is 6.24. The molecule has 0 bridgehead atoms. The number of fused-ring (bicyclic) bond motifs is 1. The molecular weight excluding hydrogens is 313 g/mol. The van der Waals surface area contributed by atoms with Gasteiger partial charge in [-0.25, -0.2) is 4.79 Å². The molecule has 2 heterocycles. The maximum atomic E-state index is 11.8. The van der Waals surface area contributed by atoms with Crippen LogP contribution in [0.3, 0.4) is 0 Å². The first-order chi connectivity index (χ1) is 8.54. The van der Waals surface area contributed by atoms with Crippen molar-refractivity contribution in [3.05, 3.63) is 14.2 Å². The van der Waals surface area contributed by atoms with E-state index in [1.54, 1.807) is 11.3 Å². The number of halogens is 1. The third kappa shape index (κ3) is 2.59. The molecule has 0 spiro atoms. The number of ether oxygens (including phenoxy) is 1. The Balaban J connectivity index is 2.20. The highest BCUT2D eigenvalue weighted by Gasteiger charge is 2.27. The minimum atomic E-state index is -0.184. The fraction of sp³-hybridized carbons (Fsp3) is 0.583. The van der Waals surface area contributed by atoms with E-state index in [-0.39, 0.29) is 6.09 Å². The van der Waals surface area contributed by atoms with Crippen LogP contribution in [0.1, 0.15) is 30.2 Å². The van der Waals surface area contributed by atoms with E-state index in [4.69, 9.17) is 4.74 Å². The summed E-state index contributed by atoms with van der Waals surface area (Å²) in [6, 6.07) is 0. The van der Waals surface area contributed by atoms with Gasteiger partial charge in [0, 0.05) is 18.0 Å². The van der Waals surface area contributed by atoms with Crippen molar-refractivity contribution in [3.8, 4) is 0 Å². The highest BCUT2D eigenvalue weighted by molar-refractivity contribution is 9.11. The monoisotopic (exact) mass is 329 g/mol. The molecule has 1 aromatic rings. The van der Waals surface area contributed by atoms with Crippen LogP contribution in [-0.4, -0.2) is 38.5 Å². The van der Waals surface area contributed by atoms with Gasteiger partial charge in [-0.2, -0.15) is 0 Å². The third-order valence-corrected chi connectivity index (χ3v) is 5.57. The molecule has 0 fully saturated rings. The van der Waals surface area contributed by atoms with E-state index in [2.05, 4.69) is 30.7 Å². The molecule has 3 nitrogen and oxygen atoms in total. The fourth-order valence-corrected chi connectivity index (χ4v) is 4.45. The fourth-order valence-electron chi connectivity index (χ4n) is 2.52. The molecule has 18 heavy (non-hydrogen) atoms. The van der Waals surface area contributed by atoms with Crippen LogP contribution in [0, 0.1) is 0 Å². The zero-order chi connectivity index (χ0) is 13.3. The summed E-state index contributed by atoms with van der Waals surface area (Å²) in [5.74, 6) is 0.370. The molecular formula is C12H17BBrNO2S. The van der Waals surface area contributed by atoms with Crippen molar-refractivity contribution in [3.63, 3.8) is 0 Å².